The Morgan fingerprint density at radius 3 is 2.75 bits per heavy atom. The molecular formula is C15H13N3O2. The zero-order valence-electron chi connectivity index (χ0n) is 10.7. The van der Waals surface area contributed by atoms with Gasteiger partial charge < -0.3 is 5.21 Å². The lowest BCUT2D eigenvalue weighted by atomic mass is 10.0. The van der Waals surface area contributed by atoms with Crippen molar-refractivity contribution in [3.05, 3.63) is 70.4 Å². The van der Waals surface area contributed by atoms with Gasteiger partial charge in [0.15, 0.2) is 5.65 Å². The van der Waals surface area contributed by atoms with Crippen molar-refractivity contribution < 1.29 is 5.21 Å². The molecule has 2 heterocycles. The van der Waals surface area contributed by atoms with Gasteiger partial charge in [0, 0.05) is 17.6 Å². The molecule has 0 amide bonds. The first-order valence-corrected chi connectivity index (χ1v) is 6.33. The molecule has 0 aliphatic rings. The first kappa shape index (κ1) is 12.3. The zero-order valence-corrected chi connectivity index (χ0v) is 10.7. The summed E-state index contributed by atoms with van der Waals surface area (Å²) in [5, 5.41) is 10.4. The predicted octanol–water partition coefficient (Wildman–Crippen LogP) is 1.81. The Bertz CT molecular complexity index is 797. The van der Waals surface area contributed by atoms with E-state index < -0.39 is 5.56 Å². The Kier molecular flexibility index (Phi) is 3.16. The summed E-state index contributed by atoms with van der Waals surface area (Å²) in [6, 6.07) is 11.5. The van der Waals surface area contributed by atoms with Crippen LogP contribution in [0.4, 0.5) is 0 Å². The van der Waals surface area contributed by atoms with Gasteiger partial charge in [0.1, 0.15) is 6.33 Å². The molecule has 1 N–H and O–H groups in total. The summed E-state index contributed by atoms with van der Waals surface area (Å²) in [6.45, 7) is 0. The minimum absolute atomic E-state index is 0.246. The van der Waals surface area contributed by atoms with E-state index in [2.05, 4.69) is 9.97 Å². The van der Waals surface area contributed by atoms with Crippen LogP contribution in [0.15, 0.2) is 53.7 Å². The normalized spacial score (nSPS) is 10.8. The molecule has 3 aromatic rings. The topological polar surface area (TPSA) is 68.0 Å². The van der Waals surface area contributed by atoms with E-state index in [1.54, 1.807) is 6.20 Å². The van der Waals surface area contributed by atoms with Gasteiger partial charge >= 0.3 is 0 Å². The van der Waals surface area contributed by atoms with Gasteiger partial charge in [-0.15, -0.1) is 4.73 Å². The van der Waals surface area contributed by atoms with E-state index in [9.17, 15) is 10.0 Å². The fourth-order valence-electron chi connectivity index (χ4n) is 2.24. The van der Waals surface area contributed by atoms with Crippen LogP contribution < -0.4 is 5.56 Å². The second-order valence-corrected chi connectivity index (χ2v) is 4.57. The minimum Gasteiger partial charge on any atom is -0.423 e. The average Bonchev–Trinajstić information content (AvgIpc) is 2.50. The van der Waals surface area contributed by atoms with Gasteiger partial charge in [-0.25, -0.2) is 9.97 Å². The molecule has 0 saturated carbocycles. The Balaban J connectivity index is 2.00. The van der Waals surface area contributed by atoms with Crippen molar-refractivity contribution in [2.75, 3.05) is 0 Å². The molecule has 3 rings (SSSR count). The van der Waals surface area contributed by atoms with Gasteiger partial charge in [0.2, 0.25) is 0 Å². The molecule has 100 valence electrons. The number of benzene rings is 1. The fraction of sp³-hybridized carbons (Fsp3) is 0.133. The number of hydrogen-bond donors (Lipinski definition) is 1. The molecule has 0 aliphatic heterocycles. The second kappa shape index (κ2) is 5.13. The van der Waals surface area contributed by atoms with Gasteiger partial charge in [-0.1, -0.05) is 30.3 Å². The number of pyridine rings is 1. The van der Waals surface area contributed by atoms with Crippen LogP contribution in [-0.4, -0.2) is 19.9 Å². The lowest BCUT2D eigenvalue weighted by Crippen LogP contribution is -2.19. The first-order chi connectivity index (χ1) is 9.75. The lowest BCUT2D eigenvalue weighted by Gasteiger charge is -2.07. The maximum Gasteiger partial charge on any atom is 0.285 e. The largest absolute Gasteiger partial charge is 0.423 e. The van der Waals surface area contributed by atoms with Crippen LogP contribution in [0.2, 0.25) is 0 Å². The second-order valence-electron chi connectivity index (χ2n) is 4.57. The molecule has 20 heavy (non-hydrogen) atoms. The van der Waals surface area contributed by atoms with Crippen molar-refractivity contribution >= 4 is 11.0 Å². The van der Waals surface area contributed by atoms with Crippen molar-refractivity contribution in [2.24, 2.45) is 0 Å². The molecule has 0 atom stereocenters. The number of aromatic nitrogens is 3. The molecule has 5 heteroatoms. The van der Waals surface area contributed by atoms with Crippen LogP contribution in [0.3, 0.4) is 0 Å². The lowest BCUT2D eigenvalue weighted by molar-refractivity contribution is 0.186. The standard InChI is InChI=1S/C15H13N3O2/c19-14-8-12(7-6-11-4-2-1-3-5-11)13-9-16-10-17-15(13)18(14)20/h1-5,8-10,20H,6-7H2. The third-order valence-corrected chi connectivity index (χ3v) is 3.27. The Morgan fingerprint density at radius 2 is 1.95 bits per heavy atom. The zero-order chi connectivity index (χ0) is 13.9. The van der Waals surface area contributed by atoms with Crippen LogP contribution in [0.1, 0.15) is 11.1 Å². The first-order valence-electron chi connectivity index (χ1n) is 6.33. The summed E-state index contributed by atoms with van der Waals surface area (Å²) in [5.41, 5.74) is 1.82. The molecule has 5 nitrogen and oxygen atoms in total. The van der Waals surface area contributed by atoms with Crippen LogP contribution >= 0.6 is 0 Å². The monoisotopic (exact) mass is 267 g/mol. The number of aryl methyl sites for hydroxylation is 2. The SMILES string of the molecule is O=c1cc(CCc2ccccc2)c2cncnc2n1O. The minimum atomic E-state index is -0.473. The highest BCUT2D eigenvalue weighted by atomic mass is 16.5. The van der Waals surface area contributed by atoms with E-state index in [-0.39, 0.29) is 5.65 Å². The van der Waals surface area contributed by atoms with Crippen molar-refractivity contribution in [1.29, 1.82) is 0 Å². The number of rotatable bonds is 3. The van der Waals surface area contributed by atoms with Crippen molar-refractivity contribution in [2.45, 2.75) is 12.8 Å². The molecule has 0 radical (unpaired) electrons. The van der Waals surface area contributed by atoms with Gasteiger partial charge in [-0.3, -0.25) is 4.79 Å². The number of hydrogen-bond acceptors (Lipinski definition) is 4. The third kappa shape index (κ3) is 2.25. The molecule has 2 aromatic heterocycles. The molecular weight excluding hydrogens is 254 g/mol. The van der Waals surface area contributed by atoms with Crippen molar-refractivity contribution in [3.8, 4) is 0 Å². The maximum absolute atomic E-state index is 11.7. The van der Waals surface area contributed by atoms with E-state index in [0.717, 1.165) is 12.0 Å². The van der Waals surface area contributed by atoms with E-state index in [1.165, 1.54) is 18.0 Å². The Morgan fingerprint density at radius 1 is 1.15 bits per heavy atom. The van der Waals surface area contributed by atoms with E-state index in [1.807, 2.05) is 30.3 Å². The molecule has 1 aromatic carbocycles. The van der Waals surface area contributed by atoms with Gasteiger partial charge in [0.25, 0.3) is 5.56 Å². The number of nitrogens with zero attached hydrogens (tertiary/aromatic N) is 3. The molecule has 0 saturated heterocycles. The summed E-state index contributed by atoms with van der Waals surface area (Å²) in [7, 11) is 0. The van der Waals surface area contributed by atoms with Gasteiger partial charge in [-0.05, 0) is 24.0 Å². The highest BCUT2D eigenvalue weighted by Gasteiger charge is 2.09. The molecule has 0 bridgehead atoms. The van der Waals surface area contributed by atoms with Crippen LogP contribution in [0.25, 0.3) is 11.0 Å². The molecule has 0 aliphatic carbocycles. The summed E-state index contributed by atoms with van der Waals surface area (Å²) in [4.78, 5) is 19.6. The highest BCUT2D eigenvalue weighted by molar-refractivity contribution is 5.77. The van der Waals surface area contributed by atoms with E-state index in [0.29, 0.717) is 16.5 Å². The van der Waals surface area contributed by atoms with Crippen LogP contribution in [0, 0.1) is 0 Å². The predicted molar refractivity (Wildman–Crippen MR) is 74.8 cm³/mol. The summed E-state index contributed by atoms with van der Waals surface area (Å²) < 4.78 is 0.559. The van der Waals surface area contributed by atoms with Crippen LogP contribution in [-0.2, 0) is 12.8 Å². The van der Waals surface area contributed by atoms with Crippen molar-refractivity contribution in [1.82, 2.24) is 14.7 Å². The highest BCUT2D eigenvalue weighted by Crippen LogP contribution is 2.15. The van der Waals surface area contributed by atoms with Crippen LogP contribution in [0.5, 0.6) is 0 Å². The fourth-order valence-corrected chi connectivity index (χ4v) is 2.24. The summed E-state index contributed by atoms with van der Waals surface area (Å²) >= 11 is 0. The van der Waals surface area contributed by atoms with E-state index in [4.69, 9.17) is 0 Å². The van der Waals surface area contributed by atoms with E-state index >= 15 is 0 Å². The number of fused-ring (bicyclic) bond motifs is 1. The molecule has 0 fully saturated rings. The van der Waals surface area contributed by atoms with Gasteiger partial charge in [0.05, 0.1) is 0 Å². The summed E-state index contributed by atoms with van der Waals surface area (Å²) in [5.74, 6) is 0. The van der Waals surface area contributed by atoms with Crippen molar-refractivity contribution in [3.63, 3.8) is 0 Å². The maximum atomic E-state index is 11.7. The quantitative estimate of drug-likeness (QED) is 0.735. The van der Waals surface area contributed by atoms with Gasteiger partial charge in [-0.2, -0.15) is 0 Å². The summed E-state index contributed by atoms with van der Waals surface area (Å²) in [6.07, 6.45) is 4.45. The molecule has 0 unspecified atom stereocenters. The Hall–Kier alpha value is -2.69. The third-order valence-electron chi connectivity index (χ3n) is 3.27. The Labute approximate surface area is 115 Å². The average molecular weight is 267 g/mol. The smallest absolute Gasteiger partial charge is 0.285 e. The molecule has 0 spiro atoms.